The van der Waals surface area contributed by atoms with Gasteiger partial charge in [0, 0.05) is 0 Å². The first kappa shape index (κ1) is 21.1. The number of phosphoric acid groups is 1. The van der Waals surface area contributed by atoms with Crippen LogP contribution in [-0.4, -0.2) is 51.0 Å². The molecule has 112 valence electrons. The van der Waals surface area contributed by atoms with Crippen molar-refractivity contribution in [3.05, 3.63) is 0 Å². The van der Waals surface area contributed by atoms with Crippen LogP contribution in [0.5, 0.6) is 0 Å². The zero-order chi connectivity index (χ0) is 13.7. The highest BCUT2D eigenvalue weighted by Crippen LogP contribution is 2.51. The van der Waals surface area contributed by atoms with Crippen molar-refractivity contribution in [2.45, 2.75) is 39.9 Å². The average molecular weight is 395 g/mol. The Kier molecular flexibility index (Phi) is 10.4. The van der Waals surface area contributed by atoms with E-state index in [0.717, 1.165) is 11.0 Å². The number of likely N-dealkylation sites (N-methyl/N-ethyl adjacent to an activating group) is 1. The number of phosphoric ester groups is 1. The minimum absolute atomic E-state index is 0. The smallest absolute Gasteiger partial charge is 0.475 e. The predicted octanol–water partition coefficient (Wildman–Crippen LogP) is -0.329. The third kappa shape index (κ3) is 11.9. The molecule has 0 N–H and O–H groups in total. The van der Waals surface area contributed by atoms with Crippen molar-refractivity contribution in [3.63, 3.8) is 0 Å². The molecule has 0 bridgehead atoms. The van der Waals surface area contributed by atoms with Gasteiger partial charge in [-0.2, -0.15) is 0 Å². The summed E-state index contributed by atoms with van der Waals surface area (Å²) < 4.78 is 28.8. The minimum atomic E-state index is -3.43. The van der Waals surface area contributed by atoms with Gasteiger partial charge in [-0.3, -0.25) is 13.6 Å². The Balaban J connectivity index is 0. The van der Waals surface area contributed by atoms with Crippen LogP contribution < -0.4 is 24.0 Å². The van der Waals surface area contributed by atoms with E-state index < -0.39 is 7.82 Å². The van der Waals surface area contributed by atoms with E-state index in [2.05, 4.69) is 0 Å². The Morgan fingerprint density at radius 1 is 1.00 bits per heavy atom. The molecule has 0 heterocycles. The van der Waals surface area contributed by atoms with Crippen molar-refractivity contribution in [3.8, 4) is 0 Å². The molecule has 0 rings (SSSR count). The molecule has 0 aliphatic heterocycles. The molecule has 5 nitrogen and oxygen atoms in total. The Hall–Kier alpha value is 0.800. The van der Waals surface area contributed by atoms with Gasteiger partial charge < -0.3 is 28.5 Å². The fourth-order valence-electron chi connectivity index (χ4n) is 1.03. The van der Waals surface area contributed by atoms with E-state index in [9.17, 15) is 4.57 Å². The molecule has 0 fully saturated rings. The number of halogens is 1. The molecule has 0 aromatic heterocycles. The Labute approximate surface area is 128 Å². The van der Waals surface area contributed by atoms with Crippen molar-refractivity contribution in [1.82, 2.24) is 0 Å². The molecular weight excluding hydrogens is 368 g/mol. The summed E-state index contributed by atoms with van der Waals surface area (Å²) in [5.74, 6) is 0. The Morgan fingerprint density at radius 2 is 1.39 bits per heavy atom. The van der Waals surface area contributed by atoms with E-state index in [4.69, 9.17) is 13.6 Å². The van der Waals surface area contributed by atoms with E-state index in [1.54, 1.807) is 27.7 Å². The van der Waals surface area contributed by atoms with Gasteiger partial charge in [-0.15, -0.1) is 0 Å². The number of quaternary nitrogens is 1. The van der Waals surface area contributed by atoms with Gasteiger partial charge in [0.05, 0.1) is 33.4 Å². The molecule has 0 atom stereocenters. The molecular formula is C11H27INO4P. The van der Waals surface area contributed by atoms with Crippen molar-refractivity contribution in [2.24, 2.45) is 0 Å². The van der Waals surface area contributed by atoms with Crippen molar-refractivity contribution in [1.29, 1.82) is 0 Å². The highest BCUT2D eigenvalue weighted by molar-refractivity contribution is 7.48. The summed E-state index contributed by atoms with van der Waals surface area (Å²) in [7, 11) is 2.70. The van der Waals surface area contributed by atoms with Crippen LogP contribution in [0.15, 0.2) is 0 Å². The van der Waals surface area contributed by atoms with Crippen LogP contribution in [-0.2, 0) is 18.1 Å². The van der Waals surface area contributed by atoms with Gasteiger partial charge in [0.15, 0.2) is 0 Å². The zero-order valence-corrected chi connectivity index (χ0v) is 15.5. The molecule has 0 saturated heterocycles. The molecule has 0 radical (unpaired) electrons. The minimum Gasteiger partial charge on any atom is -1.00 e. The summed E-state index contributed by atoms with van der Waals surface area (Å²) in [6, 6.07) is 0. The predicted molar refractivity (Wildman–Crippen MR) is 68.9 cm³/mol. The summed E-state index contributed by atoms with van der Waals surface area (Å²) in [4.78, 5) is 0. The maximum Gasteiger partial charge on any atom is 0.475 e. The highest BCUT2D eigenvalue weighted by Gasteiger charge is 2.30. The fourth-order valence-corrected chi connectivity index (χ4v) is 2.54. The van der Waals surface area contributed by atoms with Crippen molar-refractivity contribution >= 4 is 7.82 Å². The van der Waals surface area contributed by atoms with Crippen LogP contribution in [0.1, 0.15) is 27.7 Å². The normalized spacial score (nSPS) is 12.9. The van der Waals surface area contributed by atoms with Gasteiger partial charge in [0.1, 0.15) is 13.2 Å². The molecule has 0 aromatic carbocycles. The van der Waals surface area contributed by atoms with Crippen LogP contribution in [0.3, 0.4) is 0 Å². The molecule has 0 aliphatic rings. The molecule has 0 aliphatic carbocycles. The lowest BCUT2D eigenvalue weighted by Gasteiger charge is -2.26. The zero-order valence-electron chi connectivity index (χ0n) is 12.5. The number of hydrogen-bond donors (Lipinski definition) is 0. The quantitative estimate of drug-likeness (QED) is 0.321. The lowest BCUT2D eigenvalue weighted by atomic mass is 10.5. The number of rotatable bonds is 8. The monoisotopic (exact) mass is 395 g/mol. The van der Waals surface area contributed by atoms with Gasteiger partial charge in [0.25, 0.3) is 0 Å². The van der Waals surface area contributed by atoms with E-state index in [-0.39, 0.29) is 36.2 Å². The first-order chi connectivity index (χ1) is 7.54. The molecule has 18 heavy (non-hydrogen) atoms. The second-order valence-corrected chi connectivity index (χ2v) is 7.18. The number of hydrogen-bond acceptors (Lipinski definition) is 4. The van der Waals surface area contributed by atoms with Gasteiger partial charge in [-0.05, 0) is 27.7 Å². The highest BCUT2D eigenvalue weighted by atomic mass is 127. The molecule has 0 unspecified atom stereocenters. The average Bonchev–Trinajstić information content (AvgIpc) is 1.95. The van der Waals surface area contributed by atoms with Crippen molar-refractivity contribution < 1.29 is 46.6 Å². The molecule has 0 amide bonds. The summed E-state index contributed by atoms with van der Waals surface area (Å²) in [6.07, 6.45) is -0.382. The van der Waals surface area contributed by atoms with Crippen molar-refractivity contribution in [2.75, 3.05) is 34.3 Å². The van der Waals surface area contributed by atoms with Crippen LogP contribution in [0.4, 0.5) is 0 Å². The van der Waals surface area contributed by atoms with Gasteiger partial charge in [0.2, 0.25) is 0 Å². The maximum atomic E-state index is 12.2. The molecule has 0 saturated carbocycles. The van der Waals surface area contributed by atoms with Crippen LogP contribution >= 0.6 is 7.82 Å². The van der Waals surface area contributed by atoms with E-state index in [0.29, 0.717) is 6.61 Å². The number of nitrogens with zero attached hydrogens (tertiary/aromatic N) is 1. The first-order valence-electron chi connectivity index (χ1n) is 5.96. The topological polar surface area (TPSA) is 44.8 Å². The largest absolute Gasteiger partial charge is 1.00 e. The van der Waals surface area contributed by atoms with E-state index in [1.165, 1.54) is 0 Å². The Morgan fingerprint density at radius 3 is 1.67 bits per heavy atom. The molecule has 7 heteroatoms. The third-order valence-corrected chi connectivity index (χ3v) is 3.55. The lowest BCUT2D eigenvalue weighted by Crippen LogP contribution is -3.00. The third-order valence-electron chi connectivity index (χ3n) is 1.69. The van der Waals surface area contributed by atoms with Gasteiger partial charge in [-0.25, -0.2) is 4.57 Å². The second kappa shape index (κ2) is 8.87. The second-order valence-electron chi connectivity index (χ2n) is 5.60. The van der Waals surface area contributed by atoms with Gasteiger partial charge in [-0.1, -0.05) is 0 Å². The summed E-state index contributed by atoms with van der Waals surface area (Å²) >= 11 is 0. The molecule has 0 aromatic rings. The summed E-state index contributed by atoms with van der Waals surface area (Å²) in [6.45, 7) is 8.31. The van der Waals surface area contributed by atoms with Crippen LogP contribution in [0.25, 0.3) is 0 Å². The maximum absolute atomic E-state index is 12.2. The summed E-state index contributed by atoms with van der Waals surface area (Å²) in [5, 5.41) is 0. The Bertz CT molecular complexity index is 252. The van der Waals surface area contributed by atoms with Crippen LogP contribution in [0.2, 0.25) is 0 Å². The lowest BCUT2D eigenvalue weighted by molar-refractivity contribution is -0.870. The first-order valence-corrected chi connectivity index (χ1v) is 7.42. The SMILES string of the molecule is CC(C)OP(=O)(OCC[N+](C)(C)C)OC(C)C.[I-]. The molecule has 0 spiro atoms. The standard InChI is InChI=1S/C11H27NO4P.HI/c1-10(2)15-17(13,16-11(3)4)14-9-8-12(5,6)7;/h10-11H,8-9H2,1-7H3;1H/q+1;/p-1. The fraction of sp³-hybridized carbons (Fsp3) is 1.00. The van der Waals surface area contributed by atoms with Gasteiger partial charge >= 0.3 is 7.82 Å². The summed E-state index contributed by atoms with van der Waals surface area (Å²) in [5.41, 5.74) is 0. The van der Waals surface area contributed by atoms with Crippen LogP contribution in [0, 0.1) is 0 Å². The van der Waals surface area contributed by atoms with E-state index in [1.807, 2.05) is 21.1 Å². The van der Waals surface area contributed by atoms with E-state index >= 15 is 0 Å².